The third-order valence-electron chi connectivity index (χ3n) is 6.24. The summed E-state index contributed by atoms with van der Waals surface area (Å²) in [6.45, 7) is 11.1. The summed E-state index contributed by atoms with van der Waals surface area (Å²) < 4.78 is 11.6. The number of hydrogen-bond donors (Lipinski definition) is 0. The molecule has 0 N–H and O–H groups in total. The Labute approximate surface area is 127 Å². The van der Waals surface area contributed by atoms with E-state index >= 15 is 0 Å². The predicted molar refractivity (Wildman–Crippen MR) is 81.5 cm³/mol. The van der Waals surface area contributed by atoms with Gasteiger partial charge in [-0.05, 0) is 49.9 Å². The van der Waals surface area contributed by atoms with Crippen LogP contribution in [0.5, 0.6) is 0 Å². The van der Waals surface area contributed by atoms with Gasteiger partial charge in [-0.3, -0.25) is 0 Å². The lowest BCUT2D eigenvalue weighted by atomic mass is 9.70. The number of fused-ring (bicyclic) bond motifs is 2. The van der Waals surface area contributed by atoms with Crippen molar-refractivity contribution >= 4 is 5.97 Å². The zero-order valence-corrected chi connectivity index (χ0v) is 13.7. The van der Waals surface area contributed by atoms with Crippen molar-refractivity contribution < 1.29 is 14.3 Å². The van der Waals surface area contributed by atoms with Crippen molar-refractivity contribution in [1.29, 1.82) is 0 Å². The molecular formula is C18H26O3. The van der Waals surface area contributed by atoms with Crippen LogP contribution in [0.2, 0.25) is 0 Å². The fourth-order valence-corrected chi connectivity index (χ4v) is 4.45. The van der Waals surface area contributed by atoms with Crippen LogP contribution < -0.4 is 0 Å². The Morgan fingerprint density at radius 3 is 2.62 bits per heavy atom. The highest BCUT2D eigenvalue weighted by atomic mass is 16.7. The molecule has 0 aromatic heterocycles. The summed E-state index contributed by atoms with van der Waals surface area (Å²) in [4.78, 5) is 11.6. The van der Waals surface area contributed by atoms with Crippen molar-refractivity contribution in [2.24, 2.45) is 16.7 Å². The number of allylic oxidation sites excluding steroid dienone is 1. The van der Waals surface area contributed by atoms with E-state index in [0.717, 1.165) is 23.5 Å². The van der Waals surface area contributed by atoms with E-state index in [-0.39, 0.29) is 17.5 Å². The Hall–Kier alpha value is -1.09. The Kier molecular flexibility index (Phi) is 3.32. The van der Waals surface area contributed by atoms with E-state index < -0.39 is 6.29 Å². The molecule has 3 nitrogen and oxygen atoms in total. The normalized spacial score (nSPS) is 40.1. The van der Waals surface area contributed by atoms with E-state index in [1.54, 1.807) is 6.08 Å². The first-order chi connectivity index (χ1) is 9.74. The van der Waals surface area contributed by atoms with Crippen molar-refractivity contribution in [3.8, 4) is 0 Å². The van der Waals surface area contributed by atoms with Gasteiger partial charge in [0.15, 0.2) is 0 Å². The van der Waals surface area contributed by atoms with Gasteiger partial charge in [0.05, 0.1) is 6.10 Å². The molecule has 1 aliphatic heterocycles. The number of ether oxygens (including phenoxy) is 2. The maximum absolute atomic E-state index is 11.6. The second kappa shape index (κ2) is 4.70. The first kappa shape index (κ1) is 14.8. The van der Waals surface area contributed by atoms with Gasteiger partial charge < -0.3 is 9.47 Å². The van der Waals surface area contributed by atoms with Crippen molar-refractivity contribution in [1.82, 2.24) is 0 Å². The molecule has 2 fully saturated rings. The molecule has 4 unspecified atom stereocenters. The van der Waals surface area contributed by atoms with Crippen molar-refractivity contribution in [2.45, 2.75) is 66.3 Å². The molecule has 116 valence electrons. The van der Waals surface area contributed by atoms with Gasteiger partial charge in [-0.1, -0.05) is 32.4 Å². The van der Waals surface area contributed by atoms with Crippen LogP contribution in [0.3, 0.4) is 0 Å². The second-order valence-corrected chi connectivity index (χ2v) is 7.87. The standard InChI is InChI=1S/C18H26O3/c1-11(2)8-12-9-15(19)21-16(12)20-14-10-13-6-7-18(14,5)17(13,3)4/h8-9,13-14,16H,6-7,10H2,1-5H3. The Morgan fingerprint density at radius 1 is 1.38 bits per heavy atom. The van der Waals surface area contributed by atoms with Crippen LogP contribution in [0, 0.1) is 16.7 Å². The molecule has 2 bridgehead atoms. The van der Waals surface area contributed by atoms with E-state index in [1.165, 1.54) is 12.8 Å². The first-order valence-electron chi connectivity index (χ1n) is 7.96. The number of carbonyl (C=O) groups is 1. The maximum Gasteiger partial charge on any atom is 0.333 e. The maximum atomic E-state index is 11.6. The van der Waals surface area contributed by atoms with Crippen molar-refractivity contribution in [2.75, 3.05) is 0 Å². The summed E-state index contributed by atoms with van der Waals surface area (Å²) in [7, 11) is 0. The quantitative estimate of drug-likeness (QED) is 0.737. The molecule has 0 radical (unpaired) electrons. The predicted octanol–water partition coefficient (Wildman–Crippen LogP) is 3.99. The molecular weight excluding hydrogens is 264 g/mol. The van der Waals surface area contributed by atoms with Crippen LogP contribution >= 0.6 is 0 Å². The fourth-order valence-electron chi connectivity index (χ4n) is 4.45. The molecule has 21 heavy (non-hydrogen) atoms. The van der Waals surface area contributed by atoms with Crippen LogP contribution in [0.15, 0.2) is 23.3 Å². The summed E-state index contributed by atoms with van der Waals surface area (Å²) in [5.74, 6) is 0.431. The monoisotopic (exact) mass is 290 g/mol. The highest BCUT2D eigenvalue weighted by molar-refractivity contribution is 5.86. The number of carbonyl (C=O) groups excluding carboxylic acids is 1. The average Bonchev–Trinajstić information content (AvgIpc) is 2.86. The largest absolute Gasteiger partial charge is 0.428 e. The molecule has 0 spiro atoms. The Morgan fingerprint density at radius 2 is 2.10 bits per heavy atom. The highest BCUT2D eigenvalue weighted by Crippen LogP contribution is 2.66. The van der Waals surface area contributed by atoms with E-state index in [1.807, 2.05) is 19.9 Å². The van der Waals surface area contributed by atoms with Gasteiger partial charge in [0.1, 0.15) is 0 Å². The molecule has 0 amide bonds. The third kappa shape index (κ3) is 2.17. The zero-order chi connectivity index (χ0) is 15.4. The van der Waals surface area contributed by atoms with E-state index in [0.29, 0.717) is 5.41 Å². The fraction of sp³-hybridized carbons (Fsp3) is 0.722. The minimum Gasteiger partial charge on any atom is -0.428 e. The van der Waals surface area contributed by atoms with E-state index in [2.05, 4.69) is 20.8 Å². The summed E-state index contributed by atoms with van der Waals surface area (Å²) in [6.07, 6.45) is 6.77. The Balaban J connectivity index is 1.78. The Bertz CT molecular complexity index is 525. The molecule has 3 rings (SSSR count). The molecule has 2 aliphatic carbocycles. The van der Waals surface area contributed by atoms with Crippen molar-refractivity contribution in [3.63, 3.8) is 0 Å². The summed E-state index contributed by atoms with van der Waals surface area (Å²) in [5.41, 5.74) is 2.49. The zero-order valence-electron chi connectivity index (χ0n) is 13.7. The van der Waals surface area contributed by atoms with Gasteiger partial charge in [0.25, 0.3) is 0 Å². The van der Waals surface area contributed by atoms with Gasteiger partial charge in [0.2, 0.25) is 6.29 Å². The number of cyclic esters (lactones) is 1. The average molecular weight is 290 g/mol. The van der Waals surface area contributed by atoms with Crippen molar-refractivity contribution in [3.05, 3.63) is 23.3 Å². The summed E-state index contributed by atoms with van der Waals surface area (Å²) in [5, 5.41) is 0. The molecule has 0 aromatic rings. The van der Waals surface area contributed by atoms with Crippen LogP contribution in [-0.2, 0) is 14.3 Å². The molecule has 2 saturated carbocycles. The lowest BCUT2D eigenvalue weighted by Crippen LogP contribution is -2.39. The van der Waals surface area contributed by atoms with Gasteiger partial charge in [-0.25, -0.2) is 4.79 Å². The lowest BCUT2D eigenvalue weighted by Gasteiger charge is -2.39. The first-order valence-corrected chi connectivity index (χ1v) is 7.96. The number of esters is 1. The topological polar surface area (TPSA) is 35.5 Å². The second-order valence-electron chi connectivity index (χ2n) is 7.87. The van der Waals surface area contributed by atoms with Gasteiger partial charge in [-0.15, -0.1) is 0 Å². The molecule has 1 heterocycles. The minimum atomic E-state index is -0.524. The molecule has 0 saturated heterocycles. The van der Waals surface area contributed by atoms with E-state index in [9.17, 15) is 4.79 Å². The molecule has 3 aliphatic rings. The minimum absolute atomic E-state index is 0.177. The van der Waals surface area contributed by atoms with Crippen LogP contribution in [-0.4, -0.2) is 18.4 Å². The number of rotatable bonds is 3. The lowest BCUT2D eigenvalue weighted by molar-refractivity contribution is -0.182. The van der Waals surface area contributed by atoms with Gasteiger partial charge in [0, 0.05) is 11.6 Å². The summed E-state index contributed by atoms with van der Waals surface area (Å²) >= 11 is 0. The third-order valence-corrected chi connectivity index (χ3v) is 6.24. The van der Waals surface area contributed by atoms with Gasteiger partial charge >= 0.3 is 5.97 Å². The summed E-state index contributed by atoms with van der Waals surface area (Å²) in [6, 6.07) is 0. The smallest absolute Gasteiger partial charge is 0.333 e. The van der Waals surface area contributed by atoms with Crippen LogP contribution in [0.4, 0.5) is 0 Å². The van der Waals surface area contributed by atoms with Crippen LogP contribution in [0.1, 0.15) is 53.9 Å². The molecule has 4 atom stereocenters. The SMILES string of the molecule is CC(C)=CC1=CC(=O)OC1OC1CC2CCC1(C)C2(C)C. The van der Waals surface area contributed by atoms with Crippen LogP contribution in [0.25, 0.3) is 0 Å². The van der Waals surface area contributed by atoms with Gasteiger partial charge in [-0.2, -0.15) is 0 Å². The number of hydrogen-bond acceptors (Lipinski definition) is 3. The molecule has 3 heteroatoms. The highest BCUT2D eigenvalue weighted by Gasteiger charge is 2.62. The molecule has 0 aromatic carbocycles. The van der Waals surface area contributed by atoms with E-state index in [4.69, 9.17) is 9.47 Å².